The Morgan fingerprint density at radius 3 is 2.10 bits per heavy atom. The fourth-order valence-corrected chi connectivity index (χ4v) is 6.66. The molecule has 6 nitrogen and oxygen atoms in total. The normalized spacial score (nSPS) is 16.6. The van der Waals surface area contributed by atoms with E-state index in [0.717, 1.165) is 17.7 Å². The lowest BCUT2D eigenvalue weighted by molar-refractivity contribution is 0.345. The number of hydrogen-bond acceptors (Lipinski definition) is 5. The molecular formula is C20H24FNO5S2. The molecule has 0 amide bonds. The Morgan fingerprint density at radius 2 is 1.55 bits per heavy atom. The van der Waals surface area contributed by atoms with Crippen molar-refractivity contribution in [2.24, 2.45) is 0 Å². The van der Waals surface area contributed by atoms with Crippen molar-refractivity contribution < 1.29 is 26.0 Å². The summed E-state index contributed by atoms with van der Waals surface area (Å²) in [5.41, 5.74) is 0.892. The lowest BCUT2D eigenvalue weighted by Crippen LogP contribution is -2.43. The highest BCUT2D eigenvalue weighted by Gasteiger charge is 2.34. The Balaban J connectivity index is 1.59. The summed E-state index contributed by atoms with van der Waals surface area (Å²) in [5.74, 6) is 0.178. The number of ether oxygens (including phenoxy) is 1. The number of halogens is 1. The van der Waals surface area contributed by atoms with Crippen molar-refractivity contribution >= 4 is 19.9 Å². The number of nitrogens with zero attached hydrogens (tertiary/aromatic N) is 1. The number of rotatable bonds is 7. The molecule has 0 unspecified atom stereocenters. The van der Waals surface area contributed by atoms with Crippen LogP contribution in [-0.2, 0) is 26.3 Å². The highest BCUT2D eigenvalue weighted by Crippen LogP contribution is 2.26. The summed E-state index contributed by atoms with van der Waals surface area (Å²) in [6, 6.07) is 12.0. The van der Waals surface area contributed by atoms with Gasteiger partial charge >= 0.3 is 0 Å². The van der Waals surface area contributed by atoms with E-state index in [-0.39, 0.29) is 36.6 Å². The van der Waals surface area contributed by atoms with Crippen LogP contribution in [-0.4, -0.2) is 52.3 Å². The van der Waals surface area contributed by atoms with Gasteiger partial charge in [-0.3, -0.25) is 0 Å². The lowest BCUT2D eigenvalue weighted by Gasteiger charge is -2.31. The topological polar surface area (TPSA) is 80.8 Å². The van der Waals surface area contributed by atoms with Crippen LogP contribution in [0.4, 0.5) is 4.39 Å². The summed E-state index contributed by atoms with van der Waals surface area (Å²) in [6.07, 6.45) is 0.823. The second-order valence-corrected chi connectivity index (χ2v) is 11.3. The molecule has 2 aromatic carbocycles. The molecule has 0 spiro atoms. The van der Waals surface area contributed by atoms with E-state index in [0.29, 0.717) is 12.2 Å². The third-order valence-electron chi connectivity index (χ3n) is 5.18. The van der Waals surface area contributed by atoms with Gasteiger partial charge in [0.05, 0.1) is 23.0 Å². The van der Waals surface area contributed by atoms with Gasteiger partial charge in [-0.15, -0.1) is 0 Å². The first-order valence-corrected chi connectivity index (χ1v) is 12.5. The molecule has 1 fully saturated rings. The largest absolute Gasteiger partial charge is 0.497 e. The van der Waals surface area contributed by atoms with Gasteiger partial charge in [0, 0.05) is 13.1 Å². The van der Waals surface area contributed by atoms with Crippen LogP contribution in [0.15, 0.2) is 53.4 Å². The fourth-order valence-electron chi connectivity index (χ4n) is 3.41. The summed E-state index contributed by atoms with van der Waals surface area (Å²) < 4.78 is 70.3. The van der Waals surface area contributed by atoms with Gasteiger partial charge in [0.1, 0.15) is 11.6 Å². The molecule has 29 heavy (non-hydrogen) atoms. The van der Waals surface area contributed by atoms with Crippen LogP contribution in [0.5, 0.6) is 5.75 Å². The molecular weight excluding hydrogens is 417 g/mol. The molecule has 0 radical (unpaired) electrons. The van der Waals surface area contributed by atoms with Gasteiger partial charge in [-0.25, -0.2) is 25.5 Å². The van der Waals surface area contributed by atoms with Crippen LogP contribution in [0.1, 0.15) is 18.4 Å². The first-order chi connectivity index (χ1) is 13.7. The first-order valence-electron chi connectivity index (χ1n) is 9.32. The van der Waals surface area contributed by atoms with Crippen molar-refractivity contribution in [2.45, 2.75) is 29.4 Å². The fraction of sp³-hybridized carbons (Fsp3) is 0.400. The van der Waals surface area contributed by atoms with Gasteiger partial charge in [0.15, 0.2) is 9.84 Å². The number of piperidine rings is 1. The van der Waals surface area contributed by atoms with Crippen LogP contribution >= 0.6 is 0 Å². The average molecular weight is 442 g/mol. The molecule has 1 heterocycles. The van der Waals surface area contributed by atoms with Crippen LogP contribution < -0.4 is 4.74 Å². The molecule has 0 aliphatic carbocycles. The van der Waals surface area contributed by atoms with Gasteiger partial charge in [-0.2, -0.15) is 0 Å². The van der Waals surface area contributed by atoms with Crippen molar-refractivity contribution in [3.05, 3.63) is 59.9 Å². The van der Waals surface area contributed by atoms with E-state index in [4.69, 9.17) is 4.74 Å². The van der Waals surface area contributed by atoms with Crippen LogP contribution in [0.25, 0.3) is 0 Å². The van der Waals surface area contributed by atoms with E-state index < -0.39 is 30.9 Å². The molecule has 2 aromatic rings. The van der Waals surface area contributed by atoms with E-state index in [1.54, 1.807) is 19.2 Å². The van der Waals surface area contributed by atoms with E-state index in [9.17, 15) is 21.2 Å². The number of benzene rings is 2. The number of hydrogen-bond donors (Lipinski definition) is 0. The summed E-state index contributed by atoms with van der Waals surface area (Å²) in [6.45, 7) is 0.325. The summed E-state index contributed by atoms with van der Waals surface area (Å²) in [5, 5.41) is -0.666. The second kappa shape index (κ2) is 8.81. The van der Waals surface area contributed by atoms with Gasteiger partial charge < -0.3 is 4.74 Å². The van der Waals surface area contributed by atoms with Crippen LogP contribution in [0.3, 0.4) is 0 Å². The Labute approximate surface area is 171 Å². The quantitative estimate of drug-likeness (QED) is 0.617. The predicted molar refractivity (Wildman–Crippen MR) is 109 cm³/mol. The maximum atomic E-state index is 13.1. The highest BCUT2D eigenvalue weighted by atomic mass is 32.2. The molecule has 158 valence electrons. The zero-order valence-electron chi connectivity index (χ0n) is 16.1. The molecule has 0 N–H and O–H groups in total. The molecule has 1 aliphatic heterocycles. The van der Waals surface area contributed by atoms with Crippen LogP contribution in [0, 0.1) is 5.82 Å². The number of methoxy groups -OCH3 is 1. The number of sulfonamides is 1. The zero-order chi connectivity index (χ0) is 21.1. The Bertz CT molecular complexity index is 1030. The van der Waals surface area contributed by atoms with Crippen molar-refractivity contribution in [3.63, 3.8) is 0 Å². The van der Waals surface area contributed by atoms with Crippen molar-refractivity contribution in [1.82, 2.24) is 4.31 Å². The smallest absolute Gasteiger partial charge is 0.214 e. The van der Waals surface area contributed by atoms with Crippen molar-refractivity contribution in [3.8, 4) is 5.75 Å². The number of sulfone groups is 1. The Hall–Kier alpha value is -1.97. The third-order valence-corrected chi connectivity index (χ3v) is 9.33. The minimum atomic E-state index is -3.61. The van der Waals surface area contributed by atoms with Gasteiger partial charge in [0.25, 0.3) is 0 Å². The SMILES string of the molecule is COc1ccc(CCS(=O)(=O)N2CCC(S(=O)(=O)c3ccc(F)cc3)CC2)cc1. The van der Waals surface area contributed by atoms with Crippen molar-refractivity contribution in [2.75, 3.05) is 26.0 Å². The zero-order valence-corrected chi connectivity index (χ0v) is 17.8. The van der Waals surface area contributed by atoms with E-state index in [1.807, 2.05) is 12.1 Å². The third kappa shape index (κ3) is 5.15. The average Bonchev–Trinajstić information content (AvgIpc) is 2.73. The van der Waals surface area contributed by atoms with Gasteiger partial charge in [-0.1, -0.05) is 12.1 Å². The van der Waals surface area contributed by atoms with E-state index in [2.05, 4.69) is 0 Å². The van der Waals surface area contributed by atoms with E-state index in [1.165, 1.54) is 16.4 Å². The predicted octanol–water partition coefficient (Wildman–Crippen LogP) is 2.64. The van der Waals surface area contributed by atoms with Crippen LogP contribution in [0.2, 0.25) is 0 Å². The molecule has 1 aliphatic rings. The molecule has 9 heteroatoms. The minimum Gasteiger partial charge on any atom is -0.497 e. The monoisotopic (exact) mass is 441 g/mol. The maximum absolute atomic E-state index is 13.1. The number of aryl methyl sites for hydroxylation is 1. The van der Waals surface area contributed by atoms with Gasteiger partial charge in [0.2, 0.25) is 10.0 Å². The summed E-state index contributed by atoms with van der Waals surface area (Å²) >= 11 is 0. The lowest BCUT2D eigenvalue weighted by atomic mass is 10.2. The standard InChI is InChI=1S/C20H24FNO5S2/c1-27-18-6-2-16(3-7-18)12-15-28(23,24)22-13-10-20(11-14-22)29(25,26)19-8-4-17(21)5-9-19/h2-9,20H,10-15H2,1H3. The Kier molecular flexibility index (Phi) is 6.60. The second-order valence-electron chi connectivity index (χ2n) is 7.01. The summed E-state index contributed by atoms with van der Waals surface area (Å²) in [4.78, 5) is 0.0692. The summed E-state index contributed by atoms with van der Waals surface area (Å²) in [7, 11) is -5.52. The molecule has 1 saturated heterocycles. The first kappa shape index (κ1) is 21.7. The van der Waals surface area contributed by atoms with Crippen molar-refractivity contribution in [1.29, 1.82) is 0 Å². The molecule has 0 bridgehead atoms. The Morgan fingerprint density at radius 1 is 0.966 bits per heavy atom. The molecule has 0 saturated carbocycles. The molecule has 3 rings (SSSR count). The maximum Gasteiger partial charge on any atom is 0.214 e. The minimum absolute atomic E-state index is 0.0330. The highest BCUT2D eigenvalue weighted by molar-refractivity contribution is 7.92. The molecule has 0 aromatic heterocycles. The molecule has 0 atom stereocenters. The van der Waals surface area contributed by atoms with Gasteiger partial charge in [-0.05, 0) is 61.2 Å². The van der Waals surface area contributed by atoms with E-state index >= 15 is 0 Å².